The van der Waals surface area contributed by atoms with E-state index in [4.69, 9.17) is 16.3 Å². The monoisotopic (exact) mass is 399 g/mol. The molecule has 1 aromatic rings. The molecule has 0 saturated carbocycles. The molecular formula is C17H19ClFN3O5. The second-order valence-corrected chi connectivity index (χ2v) is 6.86. The van der Waals surface area contributed by atoms with E-state index < -0.39 is 35.9 Å². The number of imide groups is 1. The molecule has 1 aliphatic rings. The van der Waals surface area contributed by atoms with Gasteiger partial charge in [-0.2, -0.15) is 0 Å². The van der Waals surface area contributed by atoms with Crippen LogP contribution in [0.1, 0.15) is 26.7 Å². The quantitative estimate of drug-likeness (QED) is 0.539. The van der Waals surface area contributed by atoms with Gasteiger partial charge in [0.1, 0.15) is 11.4 Å². The molecule has 1 aliphatic heterocycles. The third kappa shape index (κ3) is 5.40. The van der Waals surface area contributed by atoms with Crippen LogP contribution in [0, 0.1) is 5.82 Å². The number of hydrogen-bond acceptors (Lipinski definition) is 5. The van der Waals surface area contributed by atoms with E-state index in [0.29, 0.717) is 0 Å². The van der Waals surface area contributed by atoms with Crippen molar-refractivity contribution in [3.63, 3.8) is 0 Å². The van der Waals surface area contributed by atoms with E-state index in [1.54, 1.807) is 13.8 Å². The van der Waals surface area contributed by atoms with Crippen LogP contribution in [-0.4, -0.2) is 47.4 Å². The molecule has 0 unspecified atom stereocenters. The van der Waals surface area contributed by atoms with Gasteiger partial charge in [0.2, 0.25) is 0 Å². The summed E-state index contributed by atoms with van der Waals surface area (Å²) >= 11 is 5.61. The smallest absolute Gasteiger partial charge is 0.325 e. The van der Waals surface area contributed by atoms with E-state index in [-0.39, 0.29) is 36.0 Å². The summed E-state index contributed by atoms with van der Waals surface area (Å²) in [5.74, 6) is -2.23. The van der Waals surface area contributed by atoms with Gasteiger partial charge in [0.15, 0.2) is 6.61 Å². The molecule has 1 heterocycles. The van der Waals surface area contributed by atoms with Crippen molar-refractivity contribution in [2.45, 2.75) is 32.2 Å². The van der Waals surface area contributed by atoms with Crippen molar-refractivity contribution in [3.05, 3.63) is 29.0 Å². The SMILES string of the molecule is CC1(C)NC(=O)N(CCCC(=O)OCC(=O)Nc2ccc(F)c(Cl)c2)C1=O. The highest BCUT2D eigenvalue weighted by Crippen LogP contribution is 2.19. The van der Waals surface area contributed by atoms with Gasteiger partial charge >= 0.3 is 12.0 Å². The Morgan fingerprint density at radius 2 is 2.04 bits per heavy atom. The first-order valence-electron chi connectivity index (χ1n) is 8.15. The standard InChI is InChI=1S/C17H19ClFN3O5/c1-17(2)15(25)22(16(26)21-17)7-3-4-14(24)27-9-13(23)20-10-5-6-12(19)11(18)8-10/h5-6,8H,3-4,7,9H2,1-2H3,(H,20,23)(H,21,26). The van der Waals surface area contributed by atoms with Crippen LogP contribution in [0.2, 0.25) is 5.02 Å². The zero-order chi connectivity index (χ0) is 20.2. The van der Waals surface area contributed by atoms with Crippen LogP contribution in [-0.2, 0) is 19.1 Å². The van der Waals surface area contributed by atoms with E-state index >= 15 is 0 Å². The van der Waals surface area contributed by atoms with E-state index in [2.05, 4.69) is 10.6 Å². The fourth-order valence-electron chi connectivity index (χ4n) is 2.39. The Morgan fingerprint density at radius 1 is 1.33 bits per heavy atom. The maximum Gasteiger partial charge on any atom is 0.325 e. The Kier molecular flexibility index (Phi) is 6.37. The van der Waals surface area contributed by atoms with Gasteiger partial charge in [-0.15, -0.1) is 0 Å². The molecule has 4 amide bonds. The zero-order valence-corrected chi connectivity index (χ0v) is 15.6. The van der Waals surface area contributed by atoms with Crippen LogP contribution < -0.4 is 10.6 Å². The minimum atomic E-state index is -0.959. The lowest BCUT2D eigenvalue weighted by Crippen LogP contribution is -2.40. The number of carbonyl (C=O) groups is 4. The van der Waals surface area contributed by atoms with Gasteiger partial charge in [0.25, 0.3) is 11.8 Å². The lowest BCUT2D eigenvalue weighted by Gasteiger charge is -2.15. The van der Waals surface area contributed by atoms with Crippen LogP contribution in [0.3, 0.4) is 0 Å². The molecule has 0 aliphatic carbocycles. The molecule has 1 fully saturated rings. The largest absolute Gasteiger partial charge is 0.456 e. The number of hydrogen-bond donors (Lipinski definition) is 2. The van der Waals surface area contributed by atoms with Gasteiger partial charge in [0.05, 0.1) is 5.02 Å². The third-order valence-corrected chi connectivity index (χ3v) is 4.06. The first-order chi connectivity index (χ1) is 12.6. The molecule has 10 heteroatoms. The lowest BCUT2D eigenvalue weighted by molar-refractivity contribution is -0.147. The fourth-order valence-corrected chi connectivity index (χ4v) is 2.57. The Labute approximate surface area is 160 Å². The number of carbonyl (C=O) groups excluding carboxylic acids is 4. The van der Waals surface area contributed by atoms with Crippen molar-refractivity contribution >= 4 is 41.1 Å². The van der Waals surface area contributed by atoms with Crippen molar-refractivity contribution in [2.75, 3.05) is 18.5 Å². The summed E-state index contributed by atoms with van der Waals surface area (Å²) in [5.41, 5.74) is -0.692. The van der Waals surface area contributed by atoms with Crippen molar-refractivity contribution in [1.29, 1.82) is 0 Å². The number of halogens is 2. The molecule has 0 atom stereocenters. The number of rotatable bonds is 7. The lowest BCUT2D eigenvalue weighted by atomic mass is 10.1. The molecule has 1 saturated heterocycles. The van der Waals surface area contributed by atoms with Crippen molar-refractivity contribution < 1.29 is 28.3 Å². The van der Waals surface area contributed by atoms with Crippen molar-refractivity contribution in [2.24, 2.45) is 0 Å². The minimum absolute atomic E-state index is 0.0624. The summed E-state index contributed by atoms with van der Waals surface area (Å²) in [6.45, 7) is 2.73. The highest BCUT2D eigenvalue weighted by atomic mass is 35.5. The van der Waals surface area contributed by atoms with E-state index in [9.17, 15) is 23.6 Å². The topological polar surface area (TPSA) is 105 Å². The highest BCUT2D eigenvalue weighted by molar-refractivity contribution is 6.31. The molecule has 2 rings (SSSR count). The predicted molar refractivity (Wildman–Crippen MR) is 94.6 cm³/mol. The van der Waals surface area contributed by atoms with Gasteiger partial charge < -0.3 is 15.4 Å². The van der Waals surface area contributed by atoms with Gasteiger partial charge in [-0.3, -0.25) is 19.3 Å². The van der Waals surface area contributed by atoms with Gasteiger partial charge in [-0.25, -0.2) is 9.18 Å². The number of ether oxygens (including phenoxy) is 1. The number of amides is 4. The Hall–Kier alpha value is -2.68. The molecule has 0 radical (unpaired) electrons. The maximum atomic E-state index is 13.0. The molecular weight excluding hydrogens is 381 g/mol. The molecule has 2 N–H and O–H groups in total. The van der Waals surface area contributed by atoms with Crippen LogP contribution in [0.5, 0.6) is 0 Å². The van der Waals surface area contributed by atoms with Crippen LogP contribution >= 0.6 is 11.6 Å². The van der Waals surface area contributed by atoms with Crippen LogP contribution in [0.25, 0.3) is 0 Å². The molecule has 27 heavy (non-hydrogen) atoms. The van der Waals surface area contributed by atoms with Gasteiger partial charge in [0, 0.05) is 18.7 Å². The maximum absolute atomic E-state index is 13.0. The summed E-state index contributed by atoms with van der Waals surface area (Å²) in [6.07, 6.45) is 0.149. The van der Waals surface area contributed by atoms with Crippen LogP contribution in [0.4, 0.5) is 14.9 Å². The van der Waals surface area contributed by atoms with E-state index in [1.165, 1.54) is 12.1 Å². The van der Waals surface area contributed by atoms with Gasteiger partial charge in [-0.05, 0) is 38.5 Å². The number of urea groups is 1. The normalized spacial score (nSPS) is 15.5. The number of esters is 1. The average Bonchev–Trinajstić information content (AvgIpc) is 2.78. The molecule has 0 spiro atoms. The van der Waals surface area contributed by atoms with Gasteiger partial charge in [-0.1, -0.05) is 11.6 Å². The number of nitrogens with zero attached hydrogens (tertiary/aromatic N) is 1. The average molecular weight is 400 g/mol. The summed E-state index contributed by atoms with van der Waals surface area (Å²) in [6, 6.07) is 3.15. The zero-order valence-electron chi connectivity index (χ0n) is 14.8. The molecule has 146 valence electrons. The molecule has 1 aromatic carbocycles. The van der Waals surface area contributed by atoms with E-state index in [0.717, 1.165) is 11.0 Å². The predicted octanol–water partition coefficient (Wildman–Crippen LogP) is 2.07. The molecule has 0 bridgehead atoms. The number of nitrogens with one attached hydrogen (secondary N) is 2. The second kappa shape index (κ2) is 8.34. The Bertz CT molecular complexity index is 784. The van der Waals surface area contributed by atoms with Crippen LogP contribution in [0.15, 0.2) is 18.2 Å². The second-order valence-electron chi connectivity index (χ2n) is 6.45. The summed E-state index contributed by atoms with van der Waals surface area (Å²) in [7, 11) is 0. The summed E-state index contributed by atoms with van der Waals surface area (Å²) in [5, 5.41) is 4.81. The summed E-state index contributed by atoms with van der Waals surface area (Å²) in [4.78, 5) is 48.1. The fraction of sp³-hybridized carbons (Fsp3) is 0.412. The van der Waals surface area contributed by atoms with Crippen molar-refractivity contribution in [3.8, 4) is 0 Å². The molecule has 8 nitrogen and oxygen atoms in total. The number of benzene rings is 1. The Balaban J connectivity index is 1.70. The Morgan fingerprint density at radius 3 is 2.63 bits per heavy atom. The highest BCUT2D eigenvalue weighted by Gasteiger charge is 2.43. The van der Waals surface area contributed by atoms with E-state index in [1.807, 2.05) is 0 Å². The minimum Gasteiger partial charge on any atom is -0.456 e. The van der Waals surface area contributed by atoms with Crippen molar-refractivity contribution in [1.82, 2.24) is 10.2 Å². The third-order valence-electron chi connectivity index (χ3n) is 3.77. The summed E-state index contributed by atoms with van der Waals surface area (Å²) < 4.78 is 17.9. The molecule has 0 aromatic heterocycles. The first-order valence-corrected chi connectivity index (χ1v) is 8.52. The number of anilines is 1. The first kappa shape index (κ1) is 20.6.